The summed E-state index contributed by atoms with van der Waals surface area (Å²) in [6.07, 6.45) is -0.00305. The van der Waals surface area contributed by atoms with E-state index in [0.29, 0.717) is 12.2 Å². The number of carbonyl (C=O) groups excluding carboxylic acids is 1. The van der Waals surface area contributed by atoms with Crippen LogP contribution < -0.4 is 15.6 Å². The minimum Gasteiger partial charge on any atom is -0.463 e. The Kier molecular flexibility index (Phi) is 4.81. The number of hydrazone groups is 1. The van der Waals surface area contributed by atoms with Crippen LogP contribution in [0.1, 0.15) is 32.4 Å². The number of rotatable bonds is 4. The van der Waals surface area contributed by atoms with E-state index in [-0.39, 0.29) is 24.1 Å². The Bertz CT molecular complexity index is 721. The Hall–Kier alpha value is -2.34. The van der Waals surface area contributed by atoms with E-state index in [1.807, 2.05) is 34.9 Å². The summed E-state index contributed by atoms with van der Waals surface area (Å²) in [7, 11) is 4.02. The molecule has 0 aliphatic carbocycles. The van der Waals surface area contributed by atoms with Crippen LogP contribution >= 0.6 is 0 Å². The van der Waals surface area contributed by atoms with Crippen LogP contribution in [0.15, 0.2) is 40.5 Å². The molecule has 1 aromatic carbocycles. The monoisotopic (exact) mass is 342 g/mol. The lowest BCUT2D eigenvalue weighted by atomic mass is 9.81. The maximum Gasteiger partial charge on any atom is 0.335 e. The number of fused-ring (bicyclic) bond motifs is 1. The van der Waals surface area contributed by atoms with E-state index in [9.17, 15) is 4.79 Å². The Labute approximate surface area is 148 Å². The summed E-state index contributed by atoms with van der Waals surface area (Å²) in [5.41, 5.74) is 8.00. The largest absolute Gasteiger partial charge is 0.463 e. The van der Waals surface area contributed by atoms with Crippen LogP contribution in [0, 0.1) is 5.92 Å². The fourth-order valence-corrected chi connectivity index (χ4v) is 3.63. The van der Waals surface area contributed by atoms with Crippen LogP contribution in [-0.4, -0.2) is 38.5 Å². The van der Waals surface area contributed by atoms with Gasteiger partial charge in [0.05, 0.1) is 24.1 Å². The van der Waals surface area contributed by atoms with Crippen molar-refractivity contribution >= 4 is 17.4 Å². The van der Waals surface area contributed by atoms with Crippen molar-refractivity contribution < 1.29 is 9.53 Å². The number of nitrogens with zero attached hydrogens (tertiary/aromatic N) is 2. The molecule has 3 rings (SSSR count). The molecule has 0 unspecified atom stereocenters. The SMILES string of the molecule is CCOC(=O)C1=C(C)[C@H]2C(C)=NN[C@@H]2N[C@@H]1c1ccc(N(C)C)cc1. The zero-order valence-corrected chi connectivity index (χ0v) is 15.5. The Morgan fingerprint density at radius 1 is 1.24 bits per heavy atom. The summed E-state index contributed by atoms with van der Waals surface area (Å²) in [6, 6.07) is 8.02. The third kappa shape index (κ3) is 3.14. The smallest absolute Gasteiger partial charge is 0.335 e. The average Bonchev–Trinajstić information content (AvgIpc) is 2.96. The second kappa shape index (κ2) is 6.88. The first kappa shape index (κ1) is 17.5. The molecule has 134 valence electrons. The van der Waals surface area contributed by atoms with Crippen LogP contribution in [0.4, 0.5) is 5.69 Å². The van der Waals surface area contributed by atoms with Crippen molar-refractivity contribution in [2.75, 3.05) is 25.6 Å². The van der Waals surface area contributed by atoms with Gasteiger partial charge in [-0.05, 0) is 44.0 Å². The van der Waals surface area contributed by atoms with Crippen LogP contribution in [-0.2, 0) is 9.53 Å². The molecule has 1 aromatic rings. The minimum absolute atomic E-state index is 0.00305. The molecule has 0 radical (unpaired) electrons. The van der Waals surface area contributed by atoms with Gasteiger partial charge in [-0.25, -0.2) is 4.79 Å². The Morgan fingerprint density at radius 2 is 1.92 bits per heavy atom. The van der Waals surface area contributed by atoms with E-state index in [4.69, 9.17) is 4.74 Å². The predicted molar refractivity (Wildman–Crippen MR) is 99.5 cm³/mol. The van der Waals surface area contributed by atoms with E-state index in [1.54, 1.807) is 0 Å². The first-order valence-corrected chi connectivity index (χ1v) is 8.64. The molecule has 2 N–H and O–H groups in total. The van der Waals surface area contributed by atoms with Gasteiger partial charge in [-0.15, -0.1) is 0 Å². The van der Waals surface area contributed by atoms with E-state index < -0.39 is 0 Å². The number of anilines is 1. The van der Waals surface area contributed by atoms with Gasteiger partial charge in [-0.2, -0.15) is 5.10 Å². The van der Waals surface area contributed by atoms with Crippen molar-refractivity contribution in [3.8, 4) is 0 Å². The average molecular weight is 342 g/mol. The second-order valence-electron chi connectivity index (χ2n) is 6.74. The lowest BCUT2D eigenvalue weighted by Crippen LogP contribution is -2.50. The molecule has 6 heteroatoms. The molecular weight excluding hydrogens is 316 g/mol. The molecule has 6 nitrogen and oxygen atoms in total. The summed E-state index contributed by atoms with van der Waals surface area (Å²) in [4.78, 5) is 14.7. The molecule has 2 aliphatic heterocycles. The van der Waals surface area contributed by atoms with Gasteiger partial charge < -0.3 is 9.64 Å². The van der Waals surface area contributed by atoms with Crippen molar-refractivity contribution in [2.24, 2.45) is 11.0 Å². The summed E-state index contributed by atoms with van der Waals surface area (Å²) in [5.74, 6) is -0.177. The van der Waals surface area contributed by atoms with Crippen molar-refractivity contribution in [1.29, 1.82) is 0 Å². The summed E-state index contributed by atoms with van der Waals surface area (Å²) < 4.78 is 5.34. The molecule has 0 fully saturated rings. The highest BCUT2D eigenvalue weighted by Gasteiger charge is 2.42. The highest BCUT2D eigenvalue weighted by molar-refractivity contribution is 5.96. The highest BCUT2D eigenvalue weighted by atomic mass is 16.5. The molecule has 25 heavy (non-hydrogen) atoms. The number of nitrogens with one attached hydrogen (secondary N) is 2. The molecule has 0 amide bonds. The number of benzene rings is 1. The topological polar surface area (TPSA) is 66.0 Å². The Morgan fingerprint density at radius 3 is 2.52 bits per heavy atom. The second-order valence-corrected chi connectivity index (χ2v) is 6.74. The number of carbonyl (C=O) groups is 1. The molecular formula is C19H26N4O2. The third-order valence-electron chi connectivity index (χ3n) is 4.93. The van der Waals surface area contributed by atoms with Crippen molar-refractivity contribution in [3.05, 3.63) is 41.0 Å². The lowest BCUT2D eigenvalue weighted by molar-refractivity contribution is -0.139. The maximum absolute atomic E-state index is 12.7. The fourth-order valence-electron chi connectivity index (χ4n) is 3.63. The number of hydrogen-bond donors (Lipinski definition) is 2. The molecule has 0 spiro atoms. The van der Waals surface area contributed by atoms with E-state index in [2.05, 4.69) is 45.0 Å². The number of hydrogen-bond acceptors (Lipinski definition) is 6. The predicted octanol–water partition coefficient (Wildman–Crippen LogP) is 2.20. The molecule has 0 saturated carbocycles. The van der Waals surface area contributed by atoms with Gasteiger partial charge in [-0.3, -0.25) is 10.7 Å². The van der Waals surface area contributed by atoms with Gasteiger partial charge >= 0.3 is 5.97 Å². The first-order chi connectivity index (χ1) is 11.9. The standard InChI is InChI=1S/C19H26N4O2/c1-6-25-19(24)16-11(2)15-12(3)21-22-18(15)20-17(16)13-7-9-14(10-8-13)23(4)5/h7-10,15,17-18,20,22H,6H2,1-5H3/t15-,17+,18-/m0/s1. The van der Waals surface area contributed by atoms with Crippen LogP contribution in [0.5, 0.6) is 0 Å². The molecule has 2 aliphatic rings. The number of ether oxygens (including phenoxy) is 1. The first-order valence-electron chi connectivity index (χ1n) is 8.64. The van der Waals surface area contributed by atoms with Crippen LogP contribution in [0.25, 0.3) is 0 Å². The molecule has 3 atom stereocenters. The van der Waals surface area contributed by atoms with E-state index in [1.165, 1.54) is 0 Å². The lowest BCUT2D eigenvalue weighted by Gasteiger charge is -2.36. The van der Waals surface area contributed by atoms with Gasteiger partial charge in [0, 0.05) is 25.5 Å². The van der Waals surface area contributed by atoms with E-state index >= 15 is 0 Å². The fraction of sp³-hybridized carbons (Fsp3) is 0.474. The minimum atomic E-state index is -0.257. The zero-order valence-electron chi connectivity index (χ0n) is 15.5. The van der Waals surface area contributed by atoms with Crippen molar-refractivity contribution in [3.63, 3.8) is 0 Å². The quantitative estimate of drug-likeness (QED) is 0.821. The van der Waals surface area contributed by atoms with Crippen molar-refractivity contribution in [1.82, 2.24) is 10.7 Å². The summed E-state index contributed by atoms with van der Waals surface area (Å²) in [5, 5.41) is 7.88. The Balaban J connectivity index is 2.02. The molecule has 0 saturated heterocycles. The van der Waals surface area contributed by atoms with Gasteiger partial charge in [-0.1, -0.05) is 12.1 Å². The van der Waals surface area contributed by atoms with Gasteiger partial charge in [0.2, 0.25) is 0 Å². The molecule has 0 aromatic heterocycles. The maximum atomic E-state index is 12.7. The summed E-state index contributed by atoms with van der Waals surface area (Å²) in [6.45, 7) is 6.19. The van der Waals surface area contributed by atoms with Gasteiger partial charge in [0.25, 0.3) is 0 Å². The van der Waals surface area contributed by atoms with Crippen LogP contribution in [0.2, 0.25) is 0 Å². The third-order valence-corrected chi connectivity index (χ3v) is 4.93. The van der Waals surface area contributed by atoms with Gasteiger partial charge in [0.1, 0.15) is 6.17 Å². The molecule has 2 heterocycles. The summed E-state index contributed by atoms with van der Waals surface area (Å²) >= 11 is 0. The highest BCUT2D eigenvalue weighted by Crippen LogP contribution is 2.37. The van der Waals surface area contributed by atoms with Crippen LogP contribution in [0.3, 0.4) is 0 Å². The van der Waals surface area contributed by atoms with Gasteiger partial charge in [0.15, 0.2) is 0 Å². The zero-order chi connectivity index (χ0) is 18.1. The molecule has 0 bridgehead atoms. The normalized spacial score (nSPS) is 25.2. The van der Waals surface area contributed by atoms with E-state index in [0.717, 1.165) is 22.5 Å². The van der Waals surface area contributed by atoms with Crippen molar-refractivity contribution in [2.45, 2.75) is 33.0 Å². The number of esters is 1.